The Balaban J connectivity index is 1.94. The molecule has 2 amide bonds. The Hall–Kier alpha value is -2.15. The third-order valence-corrected chi connectivity index (χ3v) is 3.59. The minimum atomic E-state index is -0.391. The standard InChI is InChI=1S/C17H18Cl2N2O4/c1-24-16-6-11(2-3-15(16)25-5-4-22)10-20-17(23)21-14-8-12(18)7-13(19)9-14/h2-3,6-9,22H,4-5,10H2,1H3,(H2,20,21,23). The van der Waals surface area contributed by atoms with Crippen LogP contribution in [0.15, 0.2) is 36.4 Å². The molecule has 0 spiro atoms. The van der Waals surface area contributed by atoms with Gasteiger partial charge in [-0.3, -0.25) is 0 Å². The van der Waals surface area contributed by atoms with E-state index in [1.807, 2.05) is 0 Å². The minimum absolute atomic E-state index is 0.0832. The molecule has 2 aromatic rings. The summed E-state index contributed by atoms with van der Waals surface area (Å²) in [5.41, 5.74) is 1.33. The predicted molar refractivity (Wildman–Crippen MR) is 97.9 cm³/mol. The van der Waals surface area contributed by atoms with Gasteiger partial charge in [0.05, 0.1) is 13.7 Å². The fraction of sp³-hybridized carbons (Fsp3) is 0.235. The molecular formula is C17H18Cl2N2O4. The lowest BCUT2D eigenvalue weighted by Crippen LogP contribution is -2.28. The highest BCUT2D eigenvalue weighted by atomic mass is 35.5. The normalized spacial score (nSPS) is 10.2. The fourth-order valence-electron chi connectivity index (χ4n) is 2.08. The van der Waals surface area contributed by atoms with E-state index in [-0.39, 0.29) is 19.8 Å². The van der Waals surface area contributed by atoms with Crippen molar-refractivity contribution < 1.29 is 19.4 Å². The predicted octanol–water partition coefficient (Wildman–Crippen LogP) is 3.69. The third-order valence-electron chi connectivity index (χ3n) is 3.15. The molecule has 25 heavy (non-hydrogen) atoms. The molecule has 0 radical (unpaired) electrons. The van der Waals surface area contributed by atoms with Crippen LogP contribution in [-0.4, -0.2) is 31.5 Å². The number of rotatable bonds is 7. The lowest BCUT2D eigenvalue weighted by atomic mass is 10.2. The number of benzene rings is 2. The van der Waals surface area contributed by atoms with Crippen LogP contribution >= 0.6 is 23.2 Å². The smallest absolute Gasteiger partial charge is 0.319 e. The minimum Gasteiger partial charge on any atom is -0.493 e. The summed E-state index contributed by atoms with van der Waals surface area (Å²) in [5.74, 6) is 1.05. The van der Waals surface area contributed by atoms with Crippen LogP contribution in [0.25, 0.3) is 0 Å². The average Bonchev–Trinajstić information content (AvgIpc) is 2.57. The van der Waals surface area contributed by atoms with E-state index >= 15 is 0 Å². The molecule has 6 nitrogen and oxygen atoms in total. The van der Waals surface area contributed by atoms with Crippen molar-refractivity contribution in [2.45, 2.75) is 6.54 Å². The number of aliphatic hydroxyl groups excluding tert-OH is 1. The summed E-state index contributed by atoms with van der Waals surface area (Å²) in [6, 6.07) is 9.67. The number of halogens is 2. The van der Waals surface area contributed by atoms with Crippen LogP contribution < -0.4 is 20.1 Å². The quantitative estimate of drug-likeness (QED) is 0.679. The topological polar surface area (TPSA) is 79.8 Å². The van der Waals surface area contributed by atoms with E-state index in [9.17, 15) is 4.79 Å². The summed E-state index contributed by atoms with van der Waals surface area (Å²) >= 11 is 11.8. The van der Waals surface area contributed by atoms with Gasteiger partial charge in [-0.25, -0.2) is 4.79 Å². The number of methoxy groups -OCH3 is 1. The molecule has 0 atom stereocenters. The largest absolute Gasteiger partial charge is 0.493 e. The van der Waals surface area contributed by atoms with Crippen molar-refractivity contribution in [3.05, 3.63) is 52.0 Å². The molecular weight excluding hydrogens is 367 g/mol. The molecule has 8 heteroatoms. The Morgan fingerprint density at radius 2 is 1.84 bits per heavy atom. The van der Waals surface area contributed by atoms with Gasteiger partial charge in [-0.2, -0.15) is 0 Å². The van der Waals surface area contributed by atoms with E-state index in [1.54, 1.807) is 36.4 Å². The van der Waals surface area contributed by atoms with Crippen molar-refractivity contribution in [2.75, 3.05) is 25.6 Å². The van der Waals surface area contributed by atoms with Gasteiger partial charge in [0, 0.05) is 22.3 Å². The zero-order chi connectivity index (χ0) is 18.2. The molecule has 134 valence electrons. The molecule has 0 aromatic heterocycles. The van der Waals surface area contributed by atoms with Crippen LogP contribution in [0.2, 0.25) is 10.0 Å². The van der Waals surface area contributed by atoms with E-state index in [1.165, 1.54) is 7.11 Å². The summed E-state index contributed by atoms with van der Waals surface area (Å²) in [6.45, 7) is 0.384. The molecule has 0 saturated heterocycles. The Labute approximate surface area is 155 Å². The molecule has 0 unspecified atom stereocenters. The van der Waals surface area contributed by atoms with Crippen molar-refractivity contribution in [3.63, 3.8) is 0 Å². The van der Waals surface area contributed by atoms with Gasteiger partial charge in [-0.1, -0.05) is 29.3 Å². The number of hydrogen-bond acceptors (Lipinski definition) is 4. The van der Waals surface area contributed by atoms with E-state index < -0.39 is 6.03 Å². The van der Waals surface area contributed by atoms with Crippen molar-refractivity contribution in [1.29, 1.82) is 0 Å². The van der Waals surface area contributed by atoms with Crippen molar-refractivity contribution in [2.24, 2.45) is 0 Å². The molecule has 0 aliphatic heterocycles. The first-order chi connectivity index (χ1) is 12.0. The second-order valence-corrected chi connectivity index (χ2v) is 5.90. The van der Waals surface area contributed by atoms with Crippen LogP contribution in [0.4, 0.5) is 10.5 Å². The number of ether oxygens (including phenoxy) is 2. The SMILES string of the molecule is COc1cc(CNC(=O)Nc2cc(Cl)cc(Cl)c2)ccc1OCCO. The van der Waals surface area contributed by atoms with Crippen LogP contribution in [0.5, 0.6) is 11.5 Å². The summed E-state index contributed by atoms with van der Waals surface area (Å²) in [6.07, 6.45) is 0. The van der Waals surface area contributed by atoms with Gasteiger partial charge in [0.2, 0.25) is 0 Å². The van der Waals surface area contributed by atoms with Gasteiger partial charge in [0.1, 0.15) is 6.61 Å². The molecule has 0 aliphatic carbocycles. The summed E-state index contributed by atoms with van der Waals surface area (Å²) < 4.78 is 10.6. The Morgan fingerprint density at radius 3 is 2.48 bits per heavy atom. The molecule has 0 saturated carbocycles. The molecule has 0 bridgehead atoms. The summed E-state index contributed by atoms with van der Waals surface area (Å²) in [7, 11) is 1.52. The number of aliphatic hydroxyl groups is 1. The van der Waals surface area contributed by atoms with E-state index in [0.717, 1.165) is 5.56 Å². The maximum atomic E-state index is 12.0. The maximum Gasteiger partial charge on any atom is 0.319 e. The third kappa shape index (κ3) is 6.01. The number of carbonyl (C=O) groups excluding carboxylic acids is 1. The first kappa shape index (κ1) is 19.2. The highest BCUT2D eigenvalue weighted by Crippen LogP contribution is 2.28. The number of hydrogen-bond donors (Lipinski definition) is 3. The molecule has 3 N–H and O–H groups in total. The van der Waals surface area contributed by atoms with Crippen LogP contribution in [0.1, 0.15) is 5.56 Å². The Bertz CT molecular complexity index is 720. The van der Waals surface area contributed by atoms with Crippen LogP contribution in [0, 0.1) is 0 Å². The van der Waals surface area contributed by atoms with Gasteiger partial charge >= 0.3 is 6.03 Å². The molecule has 0 fully saturated rings. The van der Waals surface area contributed by atoms with Gasteiger partial charge in [-0.15, -0.1) is 0 Å². The molecule has 0 aliphatic rings. The highest BCUT2D eigenvalue weighted by Gasteiger charge is 2.08. The maximum absolute atomic E-state index is 12.0. The zero-order valence-electron chi connectivity index (χ0n) is 13.5. The summed E-state index contributed by atoms with van der Waals surface area (Å²) in [4.78, 5) is 12.0. The molecule has 0 heterocycles. The molecule has 2 rings (SSSR count). The van der Waals surface area contributed by atoms with Gasteiger partial charge in [0.25, 0.3) is 0 Å². The van der Waals surface area contributed by atoms with Gasteiger partial charge < -0.3 is 25.2 Å². The second-order valence-electron chi connectivity index (χ2n) is 5.02. The fourth-order valence-corrected chi connectivity index (χ4v) is 2.61. The Kier molecular flexibility index (Phi) is 7.18. The Morgan fingerprint density at radius 1 is 1.12 bits per heavy atom. The number of urea groups is 1. The lowest BCUT2D eigenvalue weighted by Gasteiger charge is -2.12. The van der Waals surface area contributed by atoms with Gasteiger partial charge in [0.15, 0.2) is 11.5 Å². The van der Waals surface area contributed by atoms with Crippen LogP contribution in [0.3, 0.4) is 0 Å². The summed E-state index contributed by atoms with van der Waals surface area (Å²) in [5, 5.41) is 15.1. The van der Waals surface area contributed by atoms with E-state index in [4.69, 9.17) is 37.8 Å². The lowest BCUT2D eigenvalue weighted by molar-refractivity contribution is 0.196. The van der Waals surface area contributed by atoms with E-state index in [0.29, 0.717) is 27.2 Å². The zero-order valence-corrected chi connectivity index (χ0v) is 15.0. The first-order valence-corrected chi connectivity index (χ1v) is 8.19. The number of carbonyl (C=O) groups is 1. The van der Waals surface area contributed by atoms with Crippen LogP contribution in [-0.2, 0) is 6.54 Å². The van der Waals surface area contributed by atoms with E-state index in [2.05, 4.69) is 10.6 Å². The van der Waals surface area contributed by atoms with Crippen molar-refractivity contribution in [1.82, 2.24) is 5.32 Å². The highest BCUT2D eigenvalue weighted by molar-refractivity contribution is 6.35. The van der Waals surface area contributed by atoms with Crippen molar-refractivity contribution >= 4 is 34.9 Å². The average molecular weight is 385 g/mol. The monoisotopic (exact) mass is 384 g/mol. The number of nitrogens with one attached hydrogen (secondary N) is 2. The molecule has 2 aromatic carbocycles. The second kappa shape index (κ2) is 9.36. The first-order valence-electron chi connectivity index (χ1n) is 7.43. The van der Waals surface area contributed by atoms with Crippen molar-refractivity contribution in [3.8, 4) is 11.5 Å². The number of amides is 2. The van der Waals surface area contributed by atoms with Gasteiger partial charge in [-0.05, 0) is 35.9 Å². The number of anilines is 1.